The summed E-state index contributed by atoms with van der Waals surface area (Å²) in [7, 11) is 0. The van der Waals surface area contributed by atoms with Crippen molar-refractivity contribution in [1.82, 2.24) is 15.0 Å². The predicted octanol–water partition coefficient (Wildman–Crippen LogP) is 2.22. The van der Waals surface area contributed by atoms with Gasteiger partial charge in [-0.3, -0.25) is 0 Å². The summed E-state index contributed by atoms with van der Waals surface area (Å²) in [5, 5.41) is 2.71. The number of anilines is 3. The Labute approximate surface area is 99.9 Å². The van der Waals surface area contributed by atoms with E-state index < -0.39 is 11.7 Å². The number of hydrogen-bond donors (Lipinski definition) is 2. The van der Waals surface area contributed by atoms with Gasteiger partial charge in [0, 0.05) is 5.69 Å². The molecule has 8 heteroatoms. The van der Waals surface area contributed by atoms with Gasteiger partial charge in [-0.1, -0.05) is 0 Å². The molecule has 94 valence electrons. The van der Waals surface area contributed by atoms with Crippen LogP contribution in [0.1, 0.15) is 5.56 Å². The van der Waals surface area contributed by atoms with Crippen LogP contribution >= 0.6 is 0 Å². The van der Waals surface area contributed by atoms with Crippen LogP contribution in [0.5, 0.6) is 0 Å². The maximum absolute atomic E-state index is 12.3. The number of rotatable bonds is 2. The summed E-state index contributed by atoms with van der Waals surface area (Å²) in [6, 6.07) is 4.49. The largest absolute Gasteiger partial charge is 0.416 e. The van der Waals surface area contributed by atoms with Crippen molar-refractivity contribution in [3.05, 3.63) is 36.2 Å². The van der Waals surface area contributed by atoms with E-state index in [2.05, 4.69) is 20.3 Å². The molecule has 2 rings (SSSR count). The van der Waals surface area contributed by atoms with Gasteiger partial charge in [-0.2, -0.15) is 18.2 Å². The Kier molecular flexibility index (Phi) is 3.00. The molecule has 18 heavy (non-hydrogen) atoms. The maximum Gasteiger partial charge on any atom is 0.416 e. The summed E-state index contributed by atoms with van der Waals surface area (Å²) >= 11 is 0. The molecule has 0 radical (unpaired) electrons. The van der Waals surface area contributed by atoms with Crippen molar-refractivity contribution in [3.63, 3.8) is 0 Å². The lowest BCUT2D eigenvalue weighted by atomic mass is 10.2. The summed E-state index contributed by atoms with van der Waals surface area (Å²) in [5.41, 5.74) is 5.05. The highest BCUT2D eigenvalue weighted by Gasteiger charge is 2.29. The van der Waals surface area contributed by atoms with E-state index in [1.54, 1.807) is 0 Å². The molecule has 0 fully saturated rings. The van der Waals surface area contributed by atoms with E-state index >= 15 is 0 Å². The van der Waals surface area contributed by atoms with Crippen LogP contribution in [-0.2, 0) is 6.18 Å². The van der Waals surface area contributed by atoms with Gasteiger partial charge in [0.25, 0.3) is 0 Å². The Morgan fingerprint density at radius 1 is 1.06 bits per heavy atom. The smallest absolute Gasteiger partial charge is 0.368 e. The van der Waals surface area contributed by atoms with Gasteiger partial charge in [-0.15, -0.1) is 0 Å². The van der Waals surface area contributed by atoms with Gasteiger partial charge in [0.05, 0.1) is 5.56 Å². The summed E-state index contributed by atoms with van der Waals surface area (Å²) < 4.78 is 37.0. The first-order chi connectivity index (χ1) is 8.45. The van der Waals surface area contributed by atoms with Crippen LogP contribution in [-0.4, -0.2) is 15.0 Å². The van der Waals surface area contributed by atoms with Crippen LogP contribution in [0.3, 0.4) is 0 Å². The summed E-state index contributed by atoms with van der Waals surface area (Å²) in [6.07, 6.45) is -3.15. The third-order valence-electron chi connectivity index (χ3n) is 2.06. The van der Waals surface area contributed by atoms with E-state index in [0.717, 1.165) is 12.1 Å². The predicted molar refractivity (Wildman–Crippen MR) is 59.0 cm³/mol. The van der Waals surface area contributed by atoms with Gasteiger partial charge in [0.2, 0.25) is 11.9 Å². The normalized spacial score (nSPS) is 11.3. The lowest BCUT2D eigenvalue weighted by molar-refractivity contribution is -0.137. The van der Waals surface area contributed by atoms with Gasteiger partial charge in [0.1, 0.15) is 6.33 Å². The molecule has 0 aliphatic heterocycles. The second kappa shape index (κ2) is 4.47. The van der Waals surface area contributed by atoms with Crippen LogP contribution in [0.2, 0.25) is 0 Å². The number of aromatic nitrogens is 3. The molecular weight excluding hydrogens is 247 g/mol. The number of nitrogen functional groups attached to an aromatic ring is 1. The van der Waals surface area contributed by atoms with E-state index in [1.165, 1.54) is 18.5 Å². The Morgan fingerprint density at radius 2 is 1.72 bits per heavy atom. The van der Waals surface area contributed by atoms with Crippen LogP contribution in [0.15, 0.2) is 30.6 Å². The Hall–Kier alpha value is -2.38. The zero-order chi connectivity index (χ0) is 13.2. The topological polar surface area (TPSA) is 76.7 Å². The molecule has 0 spiro atoms. The van der Waals surface area contributed by atoms with Crippen LogP contribution < -0.4 is 11.1 Å². The number of alkyl halides is 3. The monoisotopic (exact) mass is 255 g/mol. The van der Waals surface area contributed by atoms with Crippen LogP contribution in [0.4, 0.5) is 30.8 Å². The zero-order valence-electron chi connectivity index (χ0n) is 8.94. The van der Waals surface area contributed by atoms with E-state index in [0.29, 0.717) is 5.69 Å². The summed E-state index contributed by atoms with van der Waals surface area (Å²) in [4.78, 5) is 11.1. The minimum Gasteiger partial charge on any atom is -0.368 e. The number of nitrogens with zero attached hydrogens (tertiary/aromatic N) is 3. The molecule has 0 aliphatic carbocycles. The molecule has 0 unspecified atom stereocenters. The third-order valence-corrected chi connectivity index (χ3v) is 2.06. The molecule has 1 heterocycles. The van der Waals surface area contributed by atoms with Crippen molar-refractivity contribution in [2.24, 2.45) is 0 Å². The minimum absolute atomic E-state index is 0.0272. The molecule has 1 aromatic heterocycles. The van der Waals surface area contributed by atoms with Gasteiger partial charge < -0.3 is 11.1 Å². The van der Waals surface area contributed by atoms with Crippen molar-refractivity contribution >= 4 is 17.6 Å². The first-order valence-electron chi connectivity index (χ1n) is 4.84. The highest BCUT2D eigenvalue weighted by Crippen LogP contribution is 2.30. The average Bonchev–Trinajstić information content (AvgIpc) is 2.28. The first-order valence-corrected chi connectivity index (χ1v) is 4.84. The lowest BCUT2D eigenvalue weighted by Gasteiger charge is -2.08. The maximum atomic E-state index is 12.3. The summed E-state index contributed by atoms with van der Waals surface area (Å²) in [6.45, 7) is 0. The van der Waals surface area contributed by atoms with Crippen molar-refractivity contribution < 1.29 is 13.2 Å². The van der Waals surface area contributed by atoms with Crippen molar-refractivity contribution in [2.75, 3.05) is 11.1 Å². The van der Waals surface area contributed by atoms with E-state index in [4.69, 9.17) is 5.73 Å². The van der Waals surface area contributed by atoms with Gasteiger partial charge in [-0.25, -0.2) is 9.97 Å². The molecule has 0 saturated heterocycles. The van der Waals surface area contributed by atoms with E-state index in [-0.39, 0.29) is 11.9 Å². The number of benzene rings is 1. The lowest BCUT2D eigenvalue weighted by Crippen LogP contribution is -2.05. The Bertz CT molecular complexity index is 538. The third kappa shape index (κ3) is 2.84. The molecule has 0 atom stereocenters. The van der Waals surface area contributed by atoms with Gasteiger partial charge >= 0.3 is 6.18 Å². The first kappa shape index (κ1) is 12.1. The van der Waals surface area contributed by atoms with Crippen LogP contribution in [0, 0.1) is 0 Å². The highest BCUT2D eigenvalue weighted by molar-refractivity contribution is 5.54. The van der Waals surface area contributed by atoms with Crippen LogP contribution in [0.25, 0.3) is 0 Å². The van der Waals surface area contributed by atoms with E-state index in [1.807, 2.05) is 0 Å². The van der Waals surface area contributed by atoms with Crippen molar-refractivity contribution in [3.8, 4) is 0 Å². The second-order valence-electron chi connectivity index (χ2n) is 3.37. The van der Waals surface area contributed by atoms with Gasteiger partial charge in [-0.05, 0) is 24.3 Å². The molecule has 1 aromatic carbocycles. The number of halogens is 3. The number of hydrogen-bond acceptors (Lipinski definition) is 5. The minimum atomic E-state index is -4.35. The summed E-state index contributed by atoms with van der Waals surface area (Å²) in [5.74, 6) is 0.196. The quantitative estimate of drug-likeness (QED) is 0.860. The zero-order valence-corrected chi connectivity index (χ0v) is 8.94. The molecular formula is C10H8F3N5. The van der Waals surface area contributed by atoms with Crippen molar-refractivity contribution in [1.29, 1.82) is 0 Å². The van der Waals surface area contributed by atoms with Crippen molar-refractivity contribution in [2.45, 2.75) is 6.18 Å². The fraction of sp³-hybridized carbons (Fsp3) is 0.100. The molecule has 2 aromatic rings. The van der Waals surface area contributed by atoms with Gasteiger partial charge in [0.15, 0.2) is 0 Å². The molecule has 5 nitrogen and oxygen atoms in total. The van der Waals surface area contributed by atoms with E-state index in [9.17, 15) is 13.2 Å². The second-order valence-corrected chi connectivity index (χ2v) is 3.37. The number of nitrogens with one attached hydrogen (secondary N) is 1. The average molecular weight is 255 g/mol. The standard InChI is InChI=1S/C10H8F3N5/c11-10(12,13)6-1-3-7(4-2-6)17-9-16-5-15-8(14)18-9/h1-5H,(H3,14,15,16,17,18). The fourth-order valence-electron chi connectivity index (χ4n) is 1.24. The molecule has 3 N–H and O–H groups in total. The molecule has 0 amide bonds. The fourth-order valence-corrected chi connectivity index (χ4v) is 1.24. The Balaban J connectivity index is 2.16. The molecule has 0 aliphatic rings. The molecule has 0 saturated carbocycles. The Morgan fingerprint density at radius 3 is 2.28 bits per heavy atom. The highest BCUT2D eigenvalue weighted by atomic mass is 19.4. The molecule has 0 bridgehead atoms. The number of nitrogens with two attached hydrogens (primary N) is 1. The SMILES string of the molecule is Nc1ncnc(Nc2ccc(C(F)(F)F)cc2)n1.